The summed E-state index contributed by atoms with van der Waals surface area (Å²) in [6.07, 6.45) is 1.78. The summed E-state index contributed by atoms with van der Waals surface area (Å²) in [6.45, 7) is -3.01. The number of hydrogen-bond donors (Lipinski definition) is 1. The van der Waals surface area contributed by atoms with Gasteiger partial charge in [-0.05, 0) is 52.9 Å². The van der Waals surface area contributed by atoms with Gasteiger partial charge in [-0.25, -0.2) is 0 Å². The fourth-order valence-corrected chi connectivity index (χ4v) is 3.38. The van der Waals surface area contributed by atoms with E-state index in [9.17, 15) is 8.78 Å². The number of aromatic nitrogens is 4. The highest BCUT2D eigenvalue weighted by Gasteiger charge is 2.28. The molecule has 0 fully saturated rings. The summed E-state index contributed by atoms with van der Waals surface area (Å²) in [5.74, 6) is 1.44. The lowest BCUT2D eigenvalue weighted by Gasteiger charge is -2.25. The number of benzene rings is 2. The number of anilines is 1. The number of halogens is 3. The van der Waals surface area contributed by atoms with Gasteiger partial charge in [-0.2, -0.15) is 13.5 Å². The Hall–Kier alpha value is -3.40. The number of fused-ring (bicyclic) bond motifs is 1. The number of ether oxygens (including phenoxy) is 3. The minimum absolute atomic E-state index is 0.0754. The zero-order valence-corrected chi connectivity index (χ0v) is 16.6. The highest BCUT2D eigenvalue weighted by atomic mass is 35.5. The fourth-order valence-electron chi connectivity index (χ4n) is 3.22. The number of rotatable bonds is 6. The number of alkyl halides is 2. The zero-order chi connectivity index (χ0) is 21.3. The van der Waals surface area contributed by atoms with Gasteiger partial charge in [0.05, 0.1) is 19.9 Å². The standard InChI is InChI=1S/C19H16ClF2N5O3/c1-28-11-4-6-16(29-2)13(8-11)15-9-14(23-19-24-25-26-27(15)19)12-5-3-10(20)7-17(12)30-18(21)22/h3-9,15,18H,1-2H3,(H,23,24,26). The van der Waals surface area contributed by atoms with Crippen LogP contribution in [-0.2, 0) is 0 Å². The molecule has 0 radical (unpaired) electrons. The van der Waals surface area contributed by atoms with Crippen molar-refractivity contribution in [3.8, 4) is 17.2 Å². The van der Waals surface area contributed by atoms with Crippen molar-refractivity contribution in [1.82, 2.24) is 20.2 Å². The first-order valence-corrected chi connectivity index (χ1v) is 9.11. The molecule has 0 saturated carbocycles. The Morgan fingerprint density at radius 3 is 2.67 bits per heavy atom. The van der Waals surface area contributed by atoms with E-state index in [-0.39, 0.29) is 10.8 Å². The topological polar surface area (TPSA) is 83.3 Å². The average Bonchev–Trinajstić information content (AvgIpc) is 3.21. The molecule has 0 saturated heterocycles. The molecule has 3 aromatic rings. The third-order valence-electron chi connectivity index (χ3n) is 4.53. The Kier molecular flexibility index (Phi) is 5.40. The first-order valence-electron chi connectivity index (χ1n) is 8.73. The number of allylic oxidation sites excluding steroid dienone is 1. The Morgan fingerprint density at radius 2 is 1.93 bits per heavy atom. The highest BCUT2D eigenvalue weighted by molar-refractivity contribution is 6.30. The van der Waals surface area contributed by atoms with E-state index in [0.717, 1.165) is 5.56 Å². The van der Waals surface area contributed by atoms with E-state index in [2.05, 4.69) is 25.6 Å². The van der Waals surface area contributed by atoms with Crippen molar-refractivity contribution in [3.63, 3.8) is 0 Å². The average molecular weight is 436 g/mol. The summed E-state index contributed by atoms with van der Waals surface area (Å²) in [7, 11) is 3.10. The van der Waals surface area contributed by atoms with Crippen LogP contribution in [0.1, 0.15) is 17.2 Å². The van der Waals surface area contributed by atoms with Gasteiger partial charge in [0.1, 0.15) is 23.3 Å². The quantitative estimate of drug-likeness (QED) is 0.626. The van der Waals surface area contributed by atoms with Gasteiger partial charge in [0.15, 0.2) is 0 Å². The Morgan fingerprint density at radius 1 is 1.10 bits per heavy atom. The molecule has 0 bridgehead atoms. The maximum atomic E-state index is 12.9. The predicted octanol–water partition coefficient (Wildman–Crippen LogP) is 4.00. The second-order valence-electron chi connectivity index (χ2n) is 6.22. The molecule has 1 aromatic heterocycles. The number of tetrazole rings is 1. The zero-order valence-electron chi connectivity index (χ0n) is 15.8. The number of methoxy groups -OCH3 is 2. The molecule has 1 aliphatic heterocycles. The summed E-state index contributed by atoms with van der Waals surface area (Å²) >= 11 is 5.97. The van der Waals surface area contributed by atoms with Crippen LogP contribution in [0.3, 0.4) is 0 Å². The maximum absolute atomic E-state index is 12.9. The van der Waals surface area contributed by atoms with Gasteiger partial charge in [0, 0.05) is 16.1 Å². The van der Waals surface area contributed by atoms with Gasteiger partial charge in [0.2, 0.25) is 5.95 Å². The van der Waals surface area contributed by atoms with E-state index in [1.807, 2.05) is 0 Å². The summed E-state index contributed by atoms with van der Waals surface area (Å²) in [4.78, 5) is 0. The van der Waals surface area contributed by atoms with Crippen molar-refractivity contribution in [3.05, 3.63) is 58.6 Å². The van der Waals surface area contributed by atoms with Gasteiger partial charge in [-0.3, -0.25) is 0 Å². The third-order valence-corrected chi connectivity index (χ3v) is 4.77. The number of nitrogens with zero attached hydrogens (tertiary/aromatic N) is 4. The van der Waals surface area contributed by atoms with Gasteiger partial charge >= 0.3 is 6.61 Å². The fraction of sp³-hybridized carbons (Fsp3) is 0.211. The molecule has 4 rings (SSSR count). The van der Waals surface area contributed by atoms with Crippen molar-refractivity contribution < 1.29 is 23.0 Å². The van der Waals surface area contributed by atoms with Gasteiger partial charge in [0.25, 0.3) is 0 Å². The van der Waals surface area contributed by atoms with Crippen molar-refractivity contribution in [1.29, 1.82) is 0 Å². The smallest absolute Gasteiger partial charge is 0.387 e. The van der Waals surface area contributed by atoms with E-state index >= 15 is 0 Å². The molecule has 1 aliphatic rings. The number of hydrogen-bond acceptors (Lipinski definition) is 7. The summed E-state index contributed by atoms with van der Waals surface area (Å²) in [5.41, 5.74) is 1.56. The lowest BCUT2D eigenvalue weighted by Crippen LogP contribution is -2.21. The van der Waals surface area contributed by atoms with E-state index in [1.165, 1.54) is 6.07 Å². The summed E-state index contributed by atoms with van der Waals surface area (Å²) in [6, 6.07) is 9.31. The van der Waals surface area contributed by atoms with Crippen molar-refractivity contribution in [2.45, 2.75) is 12.7 Å². The van der Waals surface area contributed by atoms with Crippen LogP contribution in [-0.4, -0.2) is 41.0 Å². The second kappa shape index (κ2) is 8.15. The van der Waals surface area contributed by atoms with Crippen LogP contribution in [0.25, 0.3) is 5.70 Å². The van der Waals surface area contributed by atoms with Crippen LogP contribution < -0.4 is 19.5 Å². The molecule has 8 nitrogen and oxygen atoms in total. The Balaban J connectivity index is 1.86. The molecule has 0 spiro atoms. The van der Waals surface area contributed by atoms with Crippen LogP contribution in [0, 0.1) is 0 Å². The minimum Gasteiger partial charge on any atom is -0.497 e. The summed E-state index contributed by atoms with van der Waals surface area (Å²) < 4.78 is 42.9. The molecule has 0 amide bonds. The molecular formula is C19H16ClF2N5O3. The first kappa shape index (κ1) is 19.9. The Bertz CT molecular complexity index is 1110. The monoisotopic (exact) mass is 435 g/mol. The third kappa shape index (κ3) is 3.73. The largest absolute Gasteiger partial charge is 0.497 e. The van der Waals surface area contributed by atoms with Gasteiger partial charge < -0.3 is 19.5 Å². The van der Waals surface area contributed by atoms with Crippen LogP contribution in [0.5, 0.6) is 17.2 Å². The van der Waals surface area contributed by atoms with E-state index < -0.39 is 12.7 Å². The summed E-state index contributed by atoms with van der Waals surface area (Å²) in [5, 5.41) is 15.0. The molecule has 0 aliphatic carbocycles. The number of nitrogens with one attached hydrogen (secondary N) is 1. The van der Waals surface area contributed by atoms with Crippen LogP contribution in [0.2, 0.25) is 5.02 Å². The Labute approximate surface area is 175 Å². The van der Waals surface area contributed by atoms with Crippen molar-refractivity contribution in [2.75, 3.05) is 19.5 Å². The van der Waals surface area contributed by atoms with E-state index in [1.54, 1.807) is 55.3 Å². The van der Waals surface area contributed by atoms with Crippen molar-refractivity contribution in [2.24, 2.45) is 0 Å². The van der Waals surface area contributed by atoms with Crippen LogP contribution in [0.15, 0.2) is 42.5 Å². The van der Waals surface area contributed by atoms with E-state index in [0.29, 0.717) is 28.7 Å². The highest BCUT2D eigenvalue weighted by Crippen LogP contribution is 2.39. The van der Waals surface area contributed by atoms with Crippen LogP contribution >= 0.6 is 11.6 Å². The molecule has 1 N–H and O–H groups in total. The SMILES string of the molecule is COc1ccc(OC)c(C2C=C(c3ccc(Cl)cc3OC(F)F)Nc3nnnn32)c1. The van der Waals surface area contributed by atoms with Gasteiger partial charge in [-0.1, -0.05) is 16.7 Å². The molecular weight excluding hydrogens is 420 g/mol. The lowest BCUT2D eigenvalue weighted by atomic mass is 10.00. The normalized spacial score (nSPS) is 15.3. The molecule has 1 atom stereocenters. The second-order valence-corrected chi connectivity index (χ2v) is 6.66. The molecule has 156 valence electrons. The molecule has 1 unspecified atom stereocenters. The predicted molar refractivity (Wildman–Crippen MR) is 105 cm³/mol. The van der Waals surface area contributed by atoms with Crippen LogP contribution in [0.4, 0.5) is 14.7 Å². The maximum Gasteiger partial charge on any atom is 0.387 e. The molecule has 11 heteroatoms. The molecule has 2 heterocycles. The van der Waals surface area contributed by atoms with Gasteiger partial charge in [-0.15, -0.1) is 0 Å². The first-order chi connectivity index (χ1) is 14.5. The lowest BCUT2D eigenvalue weighted by molar-refractivity contribution is -0.0500. The van der Waals surface area contributed by atoms with E-state index in [4.69, 9.17) is 21.1 Å². The van der Waals surface area contributed by atoms with Crippen molar-refractivity contribution >= 4 is 23.2 Å². The minimum atomic E-state index is -3.01. The molecule has 30 heavy (non-hydrogen) atoms. The molecule has 2 aromatic carbocycles.